The molecule has 0 aromatic carbocycles. The lowest BCUT2D eigenvalue weighted by Gasteiger charge is -2.06. The lowest BCUT2D eigenvalue weighted by molar-refractivity contribution is 0.240. The molecule has 0 aliphatic carbocycles. The smallest absolute Gasteiger partial charge is 0.263 e. The SMILES string of the molecule is C=CS(=O)(=O)OC1CCSC1. The Morgan fingerprint density at radius 2 is 2.36 bits per heavy atom. The predicted molar refractivity (Wildman–Crippen MR) is 45.9 cm³/mol. The molecule has 1 saturated heterocycles. The Hall–Kier alpha value is -0.0000000000000000555. The van der Waals surface area contributed by atoms with Gasteiger partial charge >= 0.3 is 0 Å². The Balaban J connectivity index is 2.47. The molecule has 0 bridgehead atoms. The molecular formula is C6H10O3S2. The van der Waals surface area contributed by atoms with E-state index in [1.165, 1.54) is 0 Å². The topological polar surface area (TPSA) is 43.4 Å². The van der Waals surface area contributed by atoms with Crippen molar-refractivity contribution in [1.82, 2.24) is 0 Å². The standard InChI is InChI=1S/C6H10O3S2/c1-2-11(7,8)9-6-3-4-10-5-6/h2,6H,1,3-5H2. The lowest BCUT2D eigenvalue weighted by Crippen LogP contribution is -2.15. The van der Waals surface area contributed by atoms with Crippen LogP contribution in [0, 0.1) is 0 Å². The van der Waals surface area contributed by atoms with E-state index in [2.05, 4.69) is 6.58 Å². The van der Waals surface area contributed by atoms with Crippen molar-refractivity contribution in [3.05, 3.63) is 12.0 Å². The second kappa shape index (κ2) is 3.60. The van der Waals surface area contributed by atoms with Crippen LogP contribution in [0.4, 0.5) is 0 Å². The van der Waals surface area contributed by atoms with Crippen LogP contribution in [0.3, 0.4) is 0 Å². The fourth-order valence-electron chi connectivity index (χ4n) is 0.818. The first-order chi connectivity index (χ1) is 5.14. The van der Waals surface area contributed by atoms with Gasteiger partial charge in [0, 0.05) is 5.75 Å². The number of rotatable bonds is 3. The van der Waals surface area contributed by atoms with Crippen molar-refractivity contribution >= 4 is 21.9 Å². The molecule has 1 fully saturated rings. The van der Waals surface area contributed by atoms with E-state index in [4.69, 9.17) is 4.18 Å². The third kappa shape index (κ3) is 2.84. The first-order valence-corrected chi connectivity index (χ1v) is 5.90. The predicted octanol–water partition coefficient (Wildman–Crippen LogP) is 0.982. The fourth-order valence-corrected chi connectivity index (χ4v) is 2.62. The molecule has 0 aromatic heterocycles. The van der Waals surface area contributed by atoms with E-state index < -0.39 is 10.1 Å². The van der Waals surface area contributed by atoms with Crippen molar-refractivity contribution in [2.45, 2.75) is 12.5 Å². The van der Waals surface area contributed by atoms with Crippen LogP contribution >= 0.6 is 11.8 Å². The van der Waals surface area contributed by atoms with Crippen molar-refractivity contribution < 1.29 is 12.6 Å². The van der Waals surface area contributed by atoms with Crippen molar-refractivity contribution in [2.75, 3.05) is 11.5 Å². The van der Waals surface area contributed by atoms with E-state index in [1.54, 1.807) is 11.8 Å². The van der Waals surface area contributed by atoms with Crippen molar-refractivity contribution in [3.8, 4) is 0 Å². The molecule has 3 nitrogen and oxygen atoms in total. The first-order valence-electron chi connectivity index (χ1n) is 3.27. The number of hydrogen-bond donors (Lipinski definition) is 0. The zero-order chi connectivity index (χ0) is 8.32. The average Bonchev–Trinajstić information content (AvgIpc) is 2.39. The van der Waals surface area contributed by atoms with Crippen molar-refractivity contribution in [2.24, 2.45) is 0 Å². The van der Waals surface area contributed by atoms with Gasteiger partial charge in [0.05, 0.1) is 11.5 Å². The Labute approximate surface area is 70.9 Å². The maximum Gasteiger partial charge on any atom is 0.289 e. The third-order valence-electron chi connectivity index (χ3n) is 1.36. The molecule has 5 heteroatoms. The number of hydrogen-bond acceptors (Lipinski definition) is 4. The van der Waals surface area contributed by atoms with Gasteiger partial charge in [-0.15, -0.1) is 0 Å². The molecule has 1 unspecified atom stereocenters. The van der Waals surface area contributed by atoms with E-state index in [1.807, 2.05) is 0 Å². The molecule has 0 aromatic rings. The molecule has 0 amide bonds. The minimum absolute atomic E-state index is 0.136. The molecule has 1 aliphatic rings. The highest BCUT2D eigenvalue weighted by molar-refractivity contribution is 7.99. The number of thioether (sulfide) groups is 1. The second-order valence-electron chi connectivity index (χ2n) is 2.24. The quantitative estimate of drug-likeness (QED) is 0.628. The van der Waals surface area contributed by atoms with Crippen LogP contribution in [0.5, 0.6) is 0 Å². The van der Waals surface area contributed by atoms with Gasteiger partial charge in [-0.3, -0.25) is 4.18 Å². The van der Waals surface area contributed by atoms with E-state index in [9.17, 15) is 8.42 Å². The summed E-state index contributed by atoms with van der Waals surface area (Å²) in [6.07, 6.45) is 0.681. The van der Waals surface area contributed by atoms with Crippen LogP contribution in [0.2, 0.25) is 0 Å². The van der Waals surface area contributed by atoms with Gasteiger partial charge in [-0.05, 0) is 12.2 Å². The van der Waals surface area contributed by atoms with Gasteiger partial charge in [0.2, 0.25) is 0 Å². The second-order valence-corrected chi connectivity index (χ2v) is 4.90. The average molecular weight is 194 g/mol. The van der Waals surface area contributed by atoms with E-state index >= 15 is 0 Å². The van der Waals surface area contributed by atoms with Gasteiger partial charge in [-0.2, -0.15) is 20.2 Å². The maximum atomic E-state index is 10.8. The van der Waals surface area contributed by atoms with Crippen LogP contribution < -0.4 is 0 Å². The third-order valence-corrected chi connectivity index (χ3v) is 3.44. The summed E-state index contributed by atoms with van der Waals surface area (Å²) in [5, 5.41) is 0.843. The summed E-state index contributed by atoms with van der Waals surface area (Å²) in [5.74, 6) is 1.75. The molecule has 1 aliphatic heterocycles. The van der Waals surface area contributed by atoms with Gasteiger partial charge < -0.3 is 0 Å². The van der Waals surface area contributed by atoms with Crippen molar-refractivity contribution in [1.29, 1.82) is 0 Å². The summed E-state index contributed by atoms with van der Waals surface area (Å²) in [7, 11) is -3.45. The van der Waals surface area contributed by atoms with Gasteiger partial charge in [0.25, 0.3) is 10.1 Å². The maximum absolute atomic E-state index is 10.8. The Morgan fingerprint density at radius 3 is 2.82 bits per heavy atom. The summed E-state index contributed by atoms with van der Waals surface area (Å²) < 4.78 is 26.4. The molecule has 0 N–H and O–H groups in total. The minimum Gasteiger partial charge on any atom is -0.263 e. The fraction of sp³-hybridized carbons (Fsp3) is 0.667. The molecular weight excluding hydrogens is 184 g/mol. The normalized spacial score (nSPS) is 25.3. The molecule has 11 heavy (non-hydrogen) atoms. The molecule has 1 heterocycles. The van der Waals surface area contributed by atoms with Crippen LogP contribution in [0.25, 0.3) is 0 Å². The molecule has 0 radical (unpaired) electrons. The van der Waals surface area contributed by atoms with Crippen LogP contribution in [-0.4, -0.2) is 26.0 Å². The summed E-state index contributed by atoms with van der Waals surface area (Å²) in [6.45, 7) is 3.15. The molecule has 0 saturated carbocycles. The summed E-state index contributed by atoms with van der Waals surface area (Å²) >= 11 is 1.71. The van der Waals surface area contributed by atoms with Gasteiger partial charge in [0.15, 0.2) is 0 Å². The minimum atomic E-state index is -3.45. The lowest BCUT2D eigenvalue weighted by atomic mass is 10.3. The molecule has 64 valence electrons. The van der Waals surface area contributed by atoms with Crippen LogP contribution in [-0.2, 0) is 14.3 Å². The highest BCUT2D eigenvalue weighted by atomic mass is 32.2. The largest absolute Gasteiger partial charge is 0.289 e. The molecule has 0 spiro atoms. The summed E-state index contributed by atoms with van der Waals surface area (Å²) in [5.41, 5.74) is 0. The van der Waals surface area contributed by atoms with E-state index in [-0.39, 0.29) is 6.10 Å². The monoisotopic (exact) mass is 194 g/mol. The Bertz CT molecular complexity index is 226. The van der Waals surface area contributed by atoms with Gasteiger partial charge in [-0.25, -0.2) is 0 Å². The Morgan fingerprint density at radius 1 is 1.64 bits per heavy atom. The highest BCUT2D eigenvalue weighted by Crippen LogP contribution is 2.21. The van der Waals surface area contributed by atoms with Crippen LogP contribution in [0.1, 0.15) is 6.42 Å². The highest BCUT2D eigenvalue weighted by Gasteiger charge is 2.20. The van der Waals surface area contributed by atoms with E-state index in [0.717, 1.165) is 23.3 Å². The van der Waals surface area contributed by atoms with E-state index in [0.29, 0.717) is 0 Å². The van der Waals surface area contributed by atoms with Gasteiger partial charge in [-0.1, -0.05) is 6.58 Å². The van der Waals surface area contributed by atoms with Crippen molar-refractivity contribution in [3.63, 3.8) is 0 Å². The molecule has 1 rings (SSSR count). The Kier molecular flexibility index (Phi) is 2.98. The summed E-state index contributed by atoms with van der Waals surface area (Å²) in [4.78, 5) is 0. The zero-order valence-electron chi connectivity index (χ0n) is 6.02. The molecule has 1 atom stereocenters. The van der Waals surface area contributed by atoms with Crippen LogP contribution in [0.15, 0.2) is 12.0 Å². The van der Waals surface area contributed by atoms with Gasteiger partial charge in [0.1, 0.15) is 0 Å². The summed E-state index contributed by atoms with van der Waals surface area (Å²) in [6, 6.07) is 0. The zero-order valence-corrected chi connectivity index (χ0v) is 7.66. The first kappa shape index (κ1) is 9.09.